The highest BCUT2D eigenvalue weighted by Crippen LogP contribution is 2.35. The molecular weight excluding hydrogens is 248 g/mol. The highest BCUT2D eigenvalue weighted by molar-refractivity contribution is 5.24. The lowest BCUT2D eigenvalue weighted by molar-refractivity contribution is 0.0425. The van der Waals surface area contributed by atoms with Crippen molar-refractivity contribution in [3.63, 3.8) is 0 Å². The second-order valence-electron chi connectivity index (χ2n) is 6.64. The van der Waals surface area contributed by atoms with Crippen LogP contribution in [0.2, 0.25) is 0 Å². The number of rotatable bonds is 4. The Morgan fingerprint density at radius 2 is 2.10 bits per heavy atom. The molecule has 112 valence electrons. The van der Waals surface area contributed by atoms with Crippen molar-refractivity contribution in [1.82, 2.24) is 4.98 Å². The van der Waals surface area contributed by atoms with Gasteiger partial charge in [0.25, 0.3) is 0 Å². The van der Waals surface area contributed by atoms with Crippen molar-refractivity contribution in [3.8, 4) is 5.88 Å². The number of hydrogen-bond donors (Lipinski definition) is 1. The first-order valence-electron chi connectivity index (χ1n) is 7.84. The molecule has 0 aliphatic heterocycles. The van der Waals surface area contributed by atoms with E-state index in [2.05, 4.69) is 25.8 Å². The molecule has 0 amide bonds. The Labute approximate surface area is 122 Å². The van der Waals surface area contributed by atoms with E-state index in [4.69, 9.17) is 10.5 Å². The number of ether oxygens (including phenoxy) is 1. The van der Waals surface area contributed by atoms with Crippen LogP contribution in [0.5, 0.6) is 5.88 Å². The zero-order chi connectivity index (χ0) is 14.7. The van der Waals surface area contributed by atoms with Gasteiger partial charge in [-0.2, -0.15) is 0 Å². The molecule has 0 spiro atoms. The normalized spacial score (nSPS) is 26.8. The van der Waals surface area contributed by atoms with Gasteiger partial charge in [-0.1, -0.05) is 27.2 Å². The summed E-state index contributed by atoms with van der Waals surface area (Å²) in [7, 11) is 0. The van der Waals surface area contributed by atoms with Crippen LogP contribution < -0.4 is 10.5 Å². The van der Waals surface area contributed by atoms with Gasteiger partial charge >= 0.3 is 0 Å². The molecule has 0 bridgehead atoms. The van der Waals surface area contributed by atoms with Gasteiger partial charge in [-0.15, -0.1) is 0 Å². The Morgan fingerprint density at radius 3 is 2.75 bits per heavy atom. The fraction of sp³-hybridized carbons (Fsp3) is 0.706. The minimum atomic E-state index is 0.290. The van der Waals surface area contributed by atoms with Crippen LogP contribution in [0.25, 0.3) is 0 Å². The lowest BCUT2D eigenvalue weighted by Crippen LogP contribution is -2.36. The molecule has 1 aliphatic rings. The van der Waals surface area contributed by atoms with Crippen LogP contribution in [-0.4, -0.2) is 11.1 Å². The van der Waals surface area contributed by atoms with Gasteiger partial charge < -0.3 is 10.5 Å². The number of pyridine rings is 1. The second kappa shape index (κ2) is 6.57. The monoisotopic (exact) mass is 276 g/mol. The summed E-state index contributed by atoms with van der Waals surface area (Å²) in [5.41, 5.74) is 7.81. The summed E-state index contributed by atoms with van der Waals surface area (Å²) < 4.78 is 6.26. The molecular formula is C17H28N2O. The lowest BCUT2D eigenvalue weighted by atomic mass is 9.75. The van der Waals surface area contributed by atoms with Crippen molar-refractivity contribution in [2.75, 3.05) is 0 Å². The first kappa shape index (κ1) is 15.3. The number of hydrogen-bond acceptors (Lipinski definition) is 3. The van der Waals surface area contributed by atoms with E-state index >= 15 is 0 Å². The Kier molecular flexibility index (Phi) is 5.03. The fourth-order valence-corrected chi connectivity index (χ4v) is 3.29. The van der Waals surface area contributed by atoms with E-state index in [1.165, 1.54) is 12.8 Å². The van der Waals surface area contributed by atoms with Crippen LogP contribution in [-0.2, 0) is 6.54 Å². The van der Waals surface area contributed by atoms with Gasteiger partial charge in [-0.25, -0.2) is 4.98 Å². The van der Waals surface area contributed by atoms with Crippen molar-refractivity contribution in [2.24, 2.45) is 23.5 Å². The maximum Gasteiger partial charge on any atom is 0.214 e. The molecule has 3 nitrogen and oxygen atoms in total. The van der Waals surface area contributed by atoms with Gasteiger partial charge in [0.2, 0.25) is 5.88 Å². The quantitative estimate of drug-likeness (QED) is 0.912. The van der Waals surface area contributed by atoms with Gasteiger partial charge in [0.1, 0.15) is 6.10 Å². The summed E-state index contributed by atoms with van der Waals surface area (Å²) in [6.07, 6.45) is 4.01. The summed E-state index contributed by atoms with van der Waals surface area (Å²) in [5, 5.41) is 0. The van der Waals surface area contributed by atoms with Gasteiger partial charge in [0.15, 0.2) is 0 Å². The number of aryl methyl sites for hydroxylation is 1. The smallest absolute Gasteiger partial charge is 0.214 e. The summed E-state index contributed by atoms with van der Waals surface area (Å²) >= 11 is 0. The third-order valence-electron chi connectivity index (χ3n) is 4.46. The molecule has 1 aliphatic carbocycles. The van der Waals surface area contributed by atoms with Crippen LogP contribution in [0, 0.1) is 24.7 Å². The highest BCUT2D eigenvalue weighted by Gasteiger charge is 2.32. The molecule has 0 radical (unpaired) electrons. The molecule has 2 rings (SSSR count). The molecule has 20 heavy (non-hydrogen) atoms. The second-order valence-corrected chi connectivity index (χ2v) is 6.64. The molecule has 1 saturated carbocycles. The summed E-state index contributed by atoms with van der Waals surface area (Å²) in [6.45, 7) is 9.45. The Hall–Kier alpha value is -1.09. The average molecular weight is 276 g/mol. The largest absolute Gasteiger partial charge is 0.474 e. The van der Waals surface area contributed by atoms with E-state index in [1.807, 2.05) is 19.1 Å². The molecule has 3 heteroatoms. The molecule has 1 aromatic heterocycles. The van der Waals surface area contributed by atoms with Crippen molar-refractivity contribution < 1.29 is 4.74 Å². The van der Waals surface area contributed by atoms with E-state index in [0.717, 1.165) is 29.5 Å². The topological polar surface area (TPSA) is 48.1 Å². The lowest BCUT2D eigenvalue weighted by Gasteiger charge is -2.37. The Bertz CT molecular complexity index is 445. The minimum Gasteiger partial charge on any atom is -0.474 e. The summed E-state index contributed by atoms with van der Waals surface area (Å²) in [4.78, 5) is 4.52. The van der Waals surface area contributed by atoms with Crippen molar-refractivity contribution >= 4 is 0 Å². The first-order valence-corrected chi connectivity index (χ1v) is 7.84. The molecule has 1 fully saturated rings. The predicted octanol–water partition coefficient (Wildman–Crippen LogP) is 3.69. The molecule has 0 saturated heterocycles. The summed E-state index contributed by atoms with van der Waals surface area (Å²) in [5.74, 6) is 2.78. The zero-order valence-electron chi connectivity index (χ0n) is 13.2. The van der Waals surface area contributed by atoms with E-state index < -0.39 is 0 Å². The van der Waals surface area contributed by atoms with Gasteiger partial charge in [0, 0.05) is 18.3 Å². The predicted molar refractivity (Wildman–Crippen MR) is 82.6 cm³/mol. The first-order chi connectivity index (χ1) is 9.49. The van der Waals surface area contributed by atoms with Crippen LogP contribution in [0.3, 0.4) is 0 Å². The molecule has 3 unspecified atom stereocenters. The van der Waals surface area contributed by atoms with Gasteiger partial charge in [-0.05, 0) is 49.1 Å². The van der Waals surface area contributed by atoms with Crippen molar-refractivity contribution in [3.05, 3.63) is 23.4 Å². The molecule has 3 atom stereocenters. The van der Waals surface area contributed by atoms with Crippen molar-refractivity contribution in [1.29, 1.82) is 0 Å². The number of nitrogens with two attached hydrogens (primary N) is 1. The average Bonchev–Trinajstić information content (AvgIpc) is 2.37. The van der Waals surface area contributed by atoms with Gasteiger partial charge in [0.05, 0.1) is 0 Å². The number of aromatic nitrogens is 1. The molecule has 1 aromatic rings. The Morgan fingerprint density at radius 1 is 1.35 bits per heavy atom. The van der Waals surface area contributed by atoms with E-state index in [-0.39, 0.29) is 0 Å². The zero-order valence-corrected chi connectivity index (χ0v) is 13.2. The van der Waals surface area contributed by atoms with Crippen LogP contribution >= 0.6 is 0 Å². The number of nitrogens with zero attached hydrogens (tertiary/aromatic N) is 1. The van der Waals surface area contributed by atoms with Crippen LogP contribution in [0.4, 0.5) is 0 Å². The van der Waals surface area contributed by atoms with Crippen molar-refractivity contribution in [2.45, 2.75) is 59.6 Å². The molecule has 2 N–H and O–H groups in total. The van der Waals surface area contributed by atoms with Gasteiger partial charge in [-0.3, -0.25) is 0 Å². The standard InChI is InChI=1S/C17H28N2O/c1-11(2)15-6-5-12(3)7-16(15)20-17-9-14(10-18)8-13(4)19-17/h8-9,11-12,15-16H,5-7,10,18H2,1-4H3. The van der Waals surface area contributed by atoms with Crippen LogP contribution in [0.15, 0.2) is 12.1 Å². The maximum atomic E-state index is 6.26. The SMILES string of the molecule is Cc1cc(CN)cc(OC2CC(C)CCC2C(C)C)n1. The fourth-order valence-electron chi connectivity index (χ4n) is 3.29. The summed E-state index contributed by atoms with van der Waals surface area (Å²) in [6, 6.07) is 4.01. The van der Waals surface area contributed by atoms with E-state index in [0.29, 0.717) is 24.5 Å². The minimum absolute atomic E-state index is 0.290. The third kappa shape index (κ3) is 3.72. The Balaban J connectivity index is 2.15. The van der Waals surface area contributed by atoms with E-state index in [9.17, 15) is 0 Å². The van der Waals surface area contributed by atoms with E-state index in [1.54, 1.807) is 0 Å². The highest BCUT2D eigenvalue weighted by atomic mass is 16.5. The maximum absolute atomic E-state index is 6.26. The third-order valence-corrected chi connectivity index (χ3v) is 4.46. The molecule has 1 heterocycles. The molecule has 0 aromatic carbocycles. The van der Waals surface area contributed by atoms with Crippen LogP contribution in [0.1, 0.15) is 51.3 Å².